The highest BCUT2D eigenvalue weighted by Gasteiger charge is 2.60. The smallest absolute Gasteiger partial charge is 0.191 e. The Morgan fingerprint density at radius 2 is 1.40 bits per heavy atom. The molecule has 6 aliphatic rings. The third kappa shape index (κ3) is 4.58. The van der Waals surface area contributed by atoms with Crippen LogP contribution in [0.1, 0.15) is 110 Å². The lowest BCUT2D eigenvalue weighted by Crippen LogP contribution is -2.57. The molecule has 4 aliphatic carbocycles. The Bertz CT molecular complexity index is 1270. The molecule has 0 amide bonds. The Morgan fingerprint density at radius 1 is 0.786 bits per heavy atom. The molecule has 42 heavy (non-hydrogen) atoms. The van der Waals surface area contributed by atoms with E-state index >= 15 is 0 Å². The molecule has 5 atom stereocenters. The van der Waals surface area contributed by atoms with Gasteiger partial charge in [-0.05, 0) is 62.0 Å². The van der Waals surface area contributed by atoms with Gasteiger partial charge in [0.25, 0.3) is 0 Å². The van der Waals surface area contributed by atoms with Crippen molar-refractivity contribution in [3.05, 3.63) is 46.5 Å². The minimum absolute atomic E-state index is 0.00445. The van der Waals surface area contributed by atoms with Gasteiger partial charge in [-0.25, -0.2) is 0 Å². The fraction of sp³-hybridized carbons (Fsp3) is 0.750. The number of hydrogen-bond donors (Lipinski definition) is 1. The van der Waals surface area contributed by atoms with Crippen molar-refractivity contribution in [2.24, 2.45) is 28.1 Å². The lowest BCUT2D eigenvalue weighted by molar-refractivity contribution is -0.322. The molecule has 2 heterocycles. The van der Waals surface area contributed by atoms with E-state index in [4.69, 9.17) is 18.9 Å². The molecular weight excluding hydrogens is 528 g/mol. The molecule has 2 aliphatic heterocycles. The number of rotatable bonds is 2. The summed E-state index contributed by atoms with van der Waals surface area (Å²) < 4.78 is 25.3. The van der Waals surface area contributed by atoms with E-state index in [1.54, 1.807) is 0 Å². The number of benzene rings is 1. The number of carbonyl (C=O) groups is 1. The van der Waals surface area contributed by atoms with Crippen LogP contribution in [0.4, 0.5) is 0 Å². The topological polar surface area (TPSA) is 74.2 Å². The van der Waals surface area contributed by atoms with E-state index in [1.165, 1.54) is 16.7 Å². The van der Waals surface area contributed by atoms with E-state index < -0.39 is 17.2 Å². The summed E-state index contributed by atoms with van der Waals surface area (Å²) in [6.45, 7) is 15.5. The molecule has 3 saturated carbocycles. The molecule has 1 spiro atoms. The predicted octanol–water partition coefficient (Wildman–Crippen LogP) is 6.80. The SMILES string of the molecule is CC1(C)COC2(CCC3=C4[C@@H](CC[C@@]3(O)C2)[C@@H]2CCC(=O)[C@@]2(C)C[C@@H]4c2ccc(C3(C)OCC(C)(C)CO3)cc2)OC1. The third-order valence-corrected chi connectivity index (χ3v) is 11.9. The van der Waals surface area contributed by atoms with Crippen molar-refractivity contribution >= 4 is 5.78 Å². The first-order chi connectivity index (χ1) is 19.7. The first-order valence-corrected chi connectivity index (χ1v) is 16.3. The van der Waals surface area contributed by atoms with Crippen molar-refractivity contribution in [2.45, 2.75) is 116 Å². The number of allylic oxidation sites excluding steroid dienone is 1. The molecule has 0 aromatic heterocycles. The lowest BCUT2D eigenvalue weighted by Gasteiger charge is -2.56. The summed E-state index contributed by atoms with van der Waals surface area (Å²) in [5.41, 5.74) is 3.63. The highest BCUT2D eigenvalue weighted by atomic mass is 16.7. The summed E-state index contributed by atoms with van der Waals surface area (Å²) in [5, 5.41) is 12.4. The van der Waals surface area contributed by atoms with Gasteiger partial charge in [-0.3, -0.25) is 4.79 Å². The van der Waals surface area contributed by atoms with Gasteiger partial charge in [0.05, 0.1) is 32.0 Å². The third-order valence-electron chi connectivity index (χ3n) is 11.9. The zero-order chi connectivity index (χ0) is 29.8. The largest absolute Gasteiger partial charge is 0.385 e. The highest BCUT2D eigenvalue weighted by molar-refractivity contribution is 5.87. The van der Waals surface area contributed by atoms with Crippen LogP contribution in [0.5, 0.6) is 0 Å². The highest BCUT2D eigenvalue weighted by Crippen LogP contribution is 2.64. The maximum absolute atomic E-state index is 13.4. The minimum Gasteiger partial charge on any atom is -0.385 e. The van der Waals surface area contributed by atoms with Crippen LogP contribution in [0.3, 0.4) is 0 Å². The summed E-state index contributed by atoms with van der Waals surface area (Å²) in [6.07, 6.45) is 6.13. The second-order valence-electron chi connectivity index (χ2n) is 16.5. The Morgan fingerprint density at radius 3 is 2.05 bits per heavy atom. The van der Waals surface area contributed by atoms with E-state index in [-0.39, 0.29) is 22.2 Å². The number of ether oxygens (including phenoxy) is 4. The van der Waals surface area contributed by atoms with Gasteiger partial charge in [-0.15, -0.1) is 0 Å². The van der Waals surface area contributed by atoms with Gasteiger partial charge >= 0.3 is 0 Å². The normalized spacial score (nSPS) is 39.9. The average Bonchev–Trinajstić information content (AvgIpc) is 3.25. The van der Waals surface area contributed by atoms with Crippen molar-refractivity contribution in [3.8, 4) is 0 Å². The predicted molar refractivity (Wildman–Crippen MR) is 160 cm³/mol. The number of fused-ring (bicyclic) bond motifs is 4. The molecule has 230 valence electrons. The van der Waals surface area contributed by atoms with Crippen LogP contribution in [0.15, 0.2) is 35.4 Å². The van der Waals surface area contributed by atoms with Crippen LogP contribution in [0, 0.1) is 28.1 Å². The lowest BCUT2D eigenvalue weighted by atomic mass is 9.51. The second kappa shape index (κ2) is 9.47. The van der Waals surface area contributed by atoms with Gasteiger partial charge in [0.15, 0.2) is 11.6 Å². The molecule has 0 radical (unpaired) electrons. The van der Waals surface area contributed by atoms with Crippen molar-refractivity contribution in [2.75, 3.05) is 26.4 Å². The Kier molecular flexibility index (Phi) is 6.57. The summed E-state index contributed by atoms with van der Waals surface area (Å²) >= 11 is 0. The second-order valence-corrected chi connectivity index (χ2v) is 16.5. The number of Topliss-reactive ketones (excluding diaryl/α,β-unsaturated/α-hetero) is 1. The van der Waals surface area contributed by atoms with Crippen LogP contribution in [-0.4, -0.2) is 48.7 Å². The van der Waals surface area contributed by atoms with Crippen LogP contribution in [-0.2, 0) is 29.5 Å². The molecular formula is C36H50O6. The molecule has 6 heteroatoms. The molecule has 0 unspecified atom stereocenters. The van der Waals surface area contributed by atoms with Gasteiger partial charge in [0.2, 0.25) is 0 Å². The Hall–Kier alpha value is -1.57. The standard InChI is InChI=1S/C36H50O6/c1-31(2)19-39-34(6,40-20-31)24-9-7-23(8-10-24)26-17-33(5)27(11-12-29(33)37)25-13-15-35(38)18-36(16-14-28(35)30(25)26)41-21-32(3,4)22-42-36/h7-10,25-27,38H,11-22H2,1-6H3/t25-,26+,27-,33-,35+/m0/s1. The molecule has 5 fully saturated rings. The van der Waals surface area contributed by atoms with Crippen LogP contribution >= 0.6 is 0 Å². The number of aliphatic hydroxyl groups is 1. The molecule has 1 aromatic carbocycles. The van der Waals surface area contributed by atoms with Crippen LogP contribution in [0.2, 0.25) is 0 Å². The first kappa shape index (κ1) is 29.2. The molecule has 1 N–H and O–H groups in total. The van der Waals surface area contributed by atoms with Gasteiger partial charge in [0.1, 0.15) is 5.78 Å². The van der Waals surface area contributed by atoms with E-state index in [2.05, 4.69) is 58.9 Å². The number of ketones is 1. The zero-order valence-corrected chi connectivity index (χ0v) is 26.5. The van der Waals surface area contributed by atoms with Gasteiger partial charge in [-0.2, -0.15) is 0 Å². The quantitative estimate of drug-likeness (QED) is 0.389. The van der Waals surface area contributed by atoms with Gasteiger partial charge in [-0.1, -0.05) is 64.5 Å². The maximum atomic E-state index is 13.4. The summed E-state index contributed by atoms with van der Waals surface area (Å²) in [7, 11) is 0. The maximum Gasteiger partial charge on any atom is 0.191 e. The minimum atomic E-state index is -0.926. The summed E-state index contributed by atoms with van der Waals surface area (Å²) in [5.74, 6) is -0.239. The van der Waals surface area contributed by atoms with Crippen molar-refractivity contribution in [1.29, 1.82) is 0 Å². The van der Waals surface area contributed by atoms with E-state index in [0.29, 0.717) is 63.3 Å². The summed E-state index contributed by atoms with van der Waals surface area (Å²) in [4.78, 5) is 13.4. The number of hydrogen-bond acceptors (Lipinski definition) is 6. The van der Waals surface area contributed by atoms with E-state index in [9.17, 15) is 9.90 Å². The monoisotopic (exact) mass is 578 g/mol. The molecule has 2 saturated heterocycles. The van der Waals surface area contributed by atoms with E-state index in [1.807, 2.05) is 6.92 Å². The average molecular weight is 579 g/mol. The van der Waals surface area contributed by atoms with Gasteiger partial charge in [0, 0.05) is 47.0 Å². The fourth-order valence-corrected chi connectivity index (χ4v) is 9.26. The summed E-state index contributed by atoms with van der Waals surface area (Å²) in [6, 6.07) is 8.74. The van der Waals surface area contributed by atoms with Crippen LogP contribution < -0.4 is 0 Å². The van der Waals surface area contributed by atoms with Crippen molar-refractivity contribution in [3.63, 3.8) is 0 Å². The van der Waals surface area contributed by atoms with E-state index in [0.717, 1.165) is 37.7 Å². The Labute approximate surface area is 251 Å². The molecule has 1 aromatic rings. The van der Waals surface area contributed by atoms with Crippen molar-refractivity contribution < 1.29 is 28.8 Å². The molecule has 6 nitrogen and oxygen atoms in total. The fourth-order valence-electron chi connectivity index (χ4n) is 9.26. The van der Waals surface area contributed by atoms with Crippen LogP contribution in [0.25, 0.3) is 0 Å². The zero-order valence-electron chi connectivity index (χ0n) is 26.5. The first-order valence-electron chi connectivity index (χ1n) is 16.3. The molecule has 0 bridgehead atoms. The number of carbonyl (C=O) groups excluding carboxylic acids is 1. The Balaban J connectivity index is 1.24. The molecule has 7 rings (SSSR count). The van der Waals surface area contributed by atoms with Gasteiger partial charge < -0.3 is 24.1 Å². The van der Waals surface area contributed by atoms with Crippen molar-refractivity contribution in [1.82, 2.24) is 0 Å².